The molecule has 2 aromatic rings. The molecule has 0 saturated carbocycles. The van der Waals surface area contributed by atoms with Gasteiger partial charge in [-0.2, -0.15) is 5.26 Å². The third kappa shape index (κ3) is 3.65. The third-order valence-electron chi connectivity index (χ3n) is 3.35. The van der Waals surface area contributed by atoms with Gasteiger partial charge in [0.25, 0.3) is 11.1 Å². The molecule has 24 heavy (non-hydrogen) atoms. The fraction of sp³-hybridized carbons (Fsp3) is 0.0556. The van der Waals surface area contributed by atoms with Gasteiger partial charge in [-0.3, -0.25) is 14.9 Å². The Hall–Kier alpha value is -3.04. The van der Waals surface area contributed by atoms with Gasteiger partial charge in [-0.15, -0.1) is 0 Å². The molecule has 0 radical (unpaired) electrons. The molecule has 2 aromatic carbocycles. The van der Waals surface area contributed by atoms with Gasteiger partial charge in [0.2, 0.25) is 0 Å². The second kappa shape index (κ2) is 7.02. The lowest BCUT2D eigenvalue weighted by Gasteiger charge is -2.07. The molecule has 0 atom stereocenters. The highest BCUT2D eigenvalue weighted by Crippen LogP contribution is 2.26. The second-order valence-corrected chi connectivity index (χ2v) is 5.99. The molecule has 118 valence electrons. The number of carbonyl (C=O) groups is 2. The van der Waals surface area contributed by atoms with Gasteiger partial charge in [0.15, 0.2) is 0 Å². The van der Waals surface area contributed by atoms with E-state index in [-0.39, 0.29) is 11.1 Å². The molecule has 1 aliphatic rings. The first kappa shape index (κ1) is 15.8. The molecule has 1 fully saturated rings. The maximum atomic E-state index is 11.5. The number of amides is 2. The van der Waals surface area contributed by atoms with Crippen LogP contribution in [-0.2, 0) is 11.4 Å². The van der Waals surface area contributed by atoms with Crippen LogP contribution >= 0.6 is 11.8 Å². The molecule has 0 bridgehead atoms. The molecule has 0 unspecified atom stereocenters. The van der Waals surface area contributed by atoms with E-state index in [0.717, 1.165) is 22.9 Å². The minimum Gasteiger partial charge on any atom is -0.489 e. The van der Waals surface area contributed by atoms with E-state index in [2.05, 4.69) is 11.4 Å². The topological polar surface area (TPSA) is 79.2 Å². The van der Waals surface area contributed by atoms with Crippen molar-refractivity contribution < 1.29 is 14.3 Å². The van der Waals surface area contributed by atoms with Crippen molar-refractivity contribution in [3.05, 3.63) is 70.1 Å². The summed E-state index contributed by atoms with van der Waals surface area (Å²) in [4.78, 5) is 23.0. The predicted molar refractivity (Wildman–Crippen MR) is 91.0 cm³/mol. The molecule has 1 heterocycles. The highest BCUT2D eigenvalue weighted by Gasteiger charge is 2.24. The van der Waals surface area contributed by atoms with E-state index >= 15 is 0 Å². The minimum atomic E-state index is -0.376. The number of nitrogens with one attached hydrogen (secondary N) is 1. The van der Waals surface area contributed by atoms with Gasteiger partial charge in [0.1, 0.15) is 12.4 Å². The van der Waals surface area contributed by atoms with Gasteiger partial charge in [0, 0.05) is 5.56 Å². The summed E-state index contributed by atoms with van der Waals surface area (Å²) in [5.74, 6) is 0.280. The molecule has 1 aliphatic heterocycles. The van der Waals surface area contributed by atoms with Gasteiger partial charge in [-0.1, -0.05) is 30.3 Å². The van der Waals surface area contributed by atoms with E-state index in [4.69, 9.17) is 10.00 Å². The largest absolute Gasteiger partial charge is 0.489 e. The van der Waals surface area contributed by atoms with Gasteiger partial charge in [-0.05, 0) is 41.6 Å². The number of hydrogen-bond acceptors (Lipinski definition) is 5. The van der Waals surface area contributed by atoms with E-state index in [0.29, 0.717) is 22.8 Å². The zero-order valence-electron chi connectivity index (χ0n) is 12.5. The number of ether oxygens (including phenoxy) is 1. The third-order valence-corrected chi connectivity index (χ3v) is 4.16. The maximum absolute atomic E-state index is 11.5. The van der Waals surface area contributed by atoms with Crippen LogP contribution in [0.5, 0.6) is 5.75 Å². The van der Waals surface area contributed by atoms with Crippen molar-refractivity contribution in [2.24, 2.45) is 0 Å². The normalized spacial score (nSPS) is 15.2. The fourth-order valence-corrected chi connectivity index (χ4v) is 2.83. The van der Waals surface area contributed by atoms with E-state index in [1.165, 1.54) is 0 Å². The Bertz CT molecular complexity index is 867. The summed E-state index contributed by atoms with van der Waals surface area (Å²) in [6, 6.07) is 16.6. The first-order valence-corrected chi connectivity index (χ1v) is 7.93. The number of carbonyl (C=O) groups excluding carboxylic acids is 2. The molecular formula is C18H12N2O3S. The van der Waals surface area contributed by atoms with Gasteiger partial charge < -0.3 is 4.74 Å². The standard InChI is InChI=1S/C18H12N2O3S/c19-10-13-3-1-2-4-14(13)11-23-15-7-5-12(6-8-15)9-16-17(21)20-18(22)24-16/h1-9H,11H2,(H,20,21,22)/b16-9+. The lowest BCUT2D eigenvalue weighted by molar-refractivity contribution is -0.115. The van der Waals surface area contributed by atoms with Crippen LogP contribution in [-0.4, -0.2) is 11.1 Å². The Balaban J connectivity index is 1.67. The summed E-state index contributed by atoms with van der Waals surface area (Å²) in [7, 11) is 0. The molecular weight excluding hydrogens is 324 g/mol. The Morgan fingerprint density at radius 3 is 2.54 bits per heavy atom. The first-order chi connectivity index (χ1) is 11.7. The highest BCUT2D eigenvalue weighted by atomic mass is 32.2. The Labute approximate surface area is 142 Å². The molecule has 0 spiro atoms. The van der Waals surface area contributed by atoms with Crippen molar-refractivity contribution >= 4 is 29.0 Å². The van der Waals surface area contributed by atoms with Crippen molar-refractivity contribution in [2.45, 2.75) is 6.61 Å². The van der Waals surface area contributed by atoms with Crippen LogP contribution < -0.4 is 10.1 Å². The van der Waals surface area contributed by atoms with Crippen molar-refractivity contribution in [2.75, 3.05) is 0 Å². The maximum Gasteiger partial charge on any atom is 0.290 e. The molecule has 5 nitrogen and oxygen atoms in total. The molecule has 0 aromatic heterocycles. The summed E-state index contributed by atoms with van der Waals surface area (Å²) in [6.07, 6.45) is 1.65. The van der Waals surface area contributed by atoms with E-state index in [9.17, 15) is 9.59 Å². The predicted octanol–water partition coefficient (Wildman–Crippen LogP) is 3.46. The molecule has 2 amide bonds. The molecule has 1 N–H and O–H groups in total. The summed E-state index contributed by atoms with van der Waals surface area (Å²) < 4.78 is 5.69. The number of nitrogens with zero attached hydrogens (tertiary/aromatic N) is 1. The molecule has 6 heteroatoms. The smallest absolute Gasteiger partial charge is 0.290 e. The first-order valence-electron chi connectivity index (χ1n) is 7.11. The molecule has 3 rings (SSSR count). The molecule has 0 aliphatic carbocycles. The Kier molecular flexibility index (Phi) is 4.64. The Morgan fingerprint density at radius 1 is 1.12 bits per heavy atom. The highest BCUT2D eigenvalue weighted by molar-refractivity contribution is 8.18. The van der Waals surface area contributed by atoms with Crippen LogP contribution in [0.25, 0.3) is 6.08 Å². The average molecular weight is 336 g/mol. The van der Waals surface area contributed by atoms with E-state index < -0.39 is 0 Å². The Morgan fingerprint density at radius 2 is 1.88 bits per heavy atom. The van der Waals surface area contributed by atoms with E-state index in [1.54, 1.807) is 36.4 Å². The van der Waals surface area contributed by atoms with Crippen LogP contribution in [0.2, 0.25) is 0 Å². The van der Waals surface area contributed by atoms with Crippen LogP contribution in [0.15, 0.2) is 53.4 Å². The monoisotopic (exact) mass is 336 g/mol. The summed E-state index contributed by atoms with van der Waals surface area (Å²) in [6.45, 7) is 0.303. The number of rotatable bonds is 4. The van der Waals surface area contributed by atoms with Gasteiger partial charge >= 0.3 is 0 Å². The fourth-order valence-electron chi connectivity index (χ4n) is 2.15. The zero-order valence-corrected chi connectivity index (χ0v) is 13.3. The lowest BCUT2D eigenvalue weighted by atomic mass is 10.1. The van der Waals surface area contributed by atoms with Gasteiger partial charge in [0.05, 0.1) is 16.5 Å². The van der Waals surface area contributed by atoms with Gasteiger partial charge in [-0.25, -0.2) is 0 Å². The summed E-state index contributed by atoms with van der Waals surface area (Å²) in [5.41, 5.74) is 2.21. The second-order valence-electron chi connectivity index (χ2n) is 4.98. The van der Waals surface area contributed by atoms with Crippen molar-refractivity contribution in [3.63, 3.8) is 0 Å². The van der Waals surface area contributed by atoms with Crippen molar-refractivity contribution in [1.82, 2.24) is 5.32 Å². The number of hydrogen-bond donors (Lipinski definition) is 1. The van der Waals surface area contributed by atoms with Crippen LogP contribution in [0.4, 0.5) is 4.79 Å². The summed E-state index contributed by atoms with van der Waals surface area (Å²) >= 11 is 0.884. The SMILES string of the molecule is N#Cc1ccccc1COc1ccc(/C=C2/SC(=O)NC2=O)cc1. The zero-order chi connectivity index (χ0) is 16.9. The number of nitriles is 1. The van der Waals surface area contributed by atoms with Crippen molar-refractivity contribution in [3.8, 4) is 11.8 Å². The van der Waals surface area contributed by atoms with E-state index in [1.807, 2.05) is 18.2 Å². The quantitative estimate of drug-likeness (QED) is 0.865. The minimum absolute atomic E-state index is 0.303. The van der Waals surface area contributed by atoms with Crippen LogP contribution in [0, 0.1) is 11.3 Å². The summed E-state index contributed by atoms with van der Waals surface area (Å²) in [5, 5.41) is 10.9. The number of imide groups is 1. The number of benzene rings is 2. The number of thioether (sulfide) groups is 1. The van der Waals surface area contributed by atoms with Crippen LogP contribution in [0.1, 0.15) is 16.7 Å². The average Bonchev–Trinajstić information content (AvgIpc) is 2.91. The van der Waals surface area contributed by atoms with Crippen LogP contribution in [0.3, 0.4) is 0 Å². The molecule has 1 saturated heterocycles. The lowest BCUT2D eigenvalue weighted by Crippen LogP contribution is -2.17. The van der Waals surface area contributed by atoms with Crippen molar-refractivity contribution in [1.29, 1.82) is 5.26 Å².